The summed E-state index contributed by atoms with van der Waals surface area (Å²) in [4.78, 5) is 20.0. The lowest BCUT2D eigenvalue weighted by molar-refractivity contribution is 0.0946. The average Bonchev–Trinajstić information content (AvgIpc) is 3.02. The lowest BCUT2D eigenvalue weighted by atomic mass is 10.2. The highest BCUT2D eigenvalue weighted by Crippen LogP contribution is 2.20. The predicted octanol–water partition coefficient (Wildman–Crippen LogP) is 2.82. The Kier molecular flexibility index (Phi) is 4.24. The first-order chi connectivity index (χ1) is 10.7. The van der Waals surface area contributed by atoms with Gasteiger partial charge in [0.1, 0.15) is 0 Å². The molecule has 22 heavy (non-hydrogen) atoms. The van der Waals surface area contributed by atoms with E-state index in [0.29, 0.717) is 17.3 Å². The normalized spacial score (nSPS) is 10.4. The van der Waals surface area contributed by atoms with Gasteiger partial charge < -0.3 is 9.84 Å². The van der Waals surface area contributed by atoms with Gasteiger partial charge in [0.25, 0.3) is 5.91 Å². The third kappa shape index (κ3) is 3.37. The smallest absolute Gasteiger partial charge is 0.253 e. The second-order valence-electron chi connectivity index (χ2n) is 4.45. The Morgan fingerprint density at radius 1 is 1.27 bits per heavy atom. The van der Waals surface area contributed by atoms with Crippen LogP contribution in [0.25, 0.3) is 11.4 Å². The van der Waals surface area contributed by atoms with E-state index in [1.165, 1.54) is 6.20 Å². The number of hydrogen-bond donors (Lipinski definition) is 1. The van der Waals surface area contributed by atoms with Gasteiger partial charge in [-0.15, -0.1) is 0 Å². The van der Waals surface area contributed by atoms with Crippen molar-refractivity contribution in [2.24, 2.45) is 0 Å². The predicted molar refractivity (Wildman–Crippen MR) is 82.8 cm³/mol. The summed E-state index contributed by atoms with van der Waals surface area (Å²) in [6, 6.07) is 11.0. The molecule has 0 aliphatic carbocycles. The highest BCUT2D eigenvalue weighted by atomic mass is 79.9. The van der Waals surface area contributed by atoms with Crippen LogP contribution < -0.4 is 5.32 Å². The number of carbonyl (C=O) groups excluding carboxylic acids is 1. The molecule has 0 unspecified atom stereocenters. The second kappa shape index (κ2) is 6.48. The molecule has 7 heteroatoms. The first kappa shape index (κ1) is 14.4. The van der Waals surface area contributed by atoms with Gasteiger partial charge >= 0.3 is 0 Å². The van der Waals surface area contributed by atoms with Gasteiger partial charge in [-0.2, -0.15) is 4.98 Å². The van der Waals surface area contributed by atoms with E-state index in [0.717, 1.165) is 10.0 Å². The molecule has 0 aliphatic rings. The van der Waals surface area contributed by atoms with Gasteiger partial charge in [0.2, 0.25) is 11.7 Å². The van der Waals surface area contributed by atoms with Gasteiger partial charge in [-0.3, -0.25) is 9.78 Å². The molecule has 110 valence electrons. The Morgan fingerprint density at radius 2 is 2.18 bits per heavy atom. The van der Waals surface area contributed by atoms with Crippen LogP contribution in [-0.2, 0) is 6.54 Å². The zero-order valence-electron chi connectivity index (χ0n) is 11.4. The van der Waals surface area contributed by atoms with Crippen molar-refractivity contribution in [2.75, 3.05) is 0 Å². The zero-order chi connectivity index (χ0) is 15.4. The molecule has 3 rings (SSSR count). The number of rotatable bonds is 4. The monoisotopic (exact) mass is 358 g/mol. The number of hydrogen-bond acceptors (Lipinski definition) is 5. The Labute approximate surface area is 134 Å². The standard InChI is InChI=1S/C15H11BrN4O2/c16-12-5-1-3-10(7-12)14-19-13(22-20-14)9-18-15(21)11-4-2-6-17-8-11/h1-8H,9H2,(H,18,21). The summed E-state index contributed by atoms with van der Waals surface area (Å²) >= 11 is 3.39. The zero-order valence-corrected chi connectivity index (χ0v) is 12.9. The fourth-order valence-corrected chi connectivity index (χ4v) is 2.23. The quantitative estimate of drug-likeness (QED) is 0.775. The lowest BCUT2D eigenvalue weighted by Gasteiger charge is -2.00. The van der Waals surface area contributed by atoms with Crippen molar-refractivity contribution >= 4 is 21.8 Å². The maximum Gasteiger partial charge on any atom is 0.253 e. The van der Waals surface area contributed by atoms with Crippen LogP contribution >= 0.6 is 15.9 Å². The third-order valence-corrected chi connectivity index (χ3v) is 3.37. The second-order valence-corrected chi connectivity index (χ2v) is 5.36. The van der Waals surface area contributed by atoms with Crippen molar-refractivity contribution in [3.8, 4) is 11.4 Å². The van der Waals surface area contributed by atoms with E-state index in [9.17, 15) is 4.79 Å². The summed E-state index contributed by atoms with van der Waals surface area (Å²) < 4.78 is 6.07. The Balaban J connectivity index is 1.66. The number of nitrogens with one attached hydrogen (secondary N) is 1. The molecule has 2 aromatic heterocycles. The van der Waals surface area contributed by atoms with Crippen LogP contribution in [0.3, 0.4) is 0 Å². The molecule has 0 radical (unpaired) electrons. The maximum atomic E-state index is 11.9. The molecule has 1 amide bonds. The van der Waals surface area contributed by atoms with Gasteiger partial charge in [-0.1, -0.05) is 33.2 Å². The van der Waals surface area contributed by atoms with Gasteiger partial charge in [0.15, 0.2) is 0 Å². The Bertz CT molecular complexity index is 789. The molecular weight excluding hydrogens is 348 g/mol. The van der Waals surface area contributed by atoms with E-state index >= 15 is 0 Å². The van der Waals surface area contributed by atoms with Gasteiger partial charge in [-0.25, -0.2) is 0 Å². The van der Waals surface area contributed by atoms with Crippen LogP contribution in [0.4, 0.5) is 0 Å². The highest BCUT2D eigenvalue weighted by molar-refractivity contribution is 9.10. The molecule has 0 fully saturated rings. The van der Waals surface area contributed by atoms with Crippen molar-refractivity contribution in [3.63, 3.8) is 0 Å². The van der Waals surface area contributed by atoms with E-state index < -0.39 is 0 Å². The first-order valence-corrected chi connectivity index (χ1v) is 7.28. The molecule has 3 aromatic rings. The summed E-state index contributed by atoms with van der Waals surface area (Å²) in [5.74, 6) is 0.578. The first-order valence-electron chi connectivity index (χ1n) is 6.49. The summed E-state index contributed by atoms with van der Waals surface area (Å²) in [5.41, 5.74) is 1.32. The van der Waals surface area contributed by atoms with Crippen molar-refractivity contribution < 1.29 is 9.32 Å². The molecule has 0 saturated heterocycles. The van der Waals surface area contributed by atoms with Crippen molar-refractivity contribution in [1.29, 1.82) is 0 Å². The van der Waals surface area contributed by atoms with Crippen molar-refractivity contribution in [2.45, 2.75) is 6.54 Å². The molecule has 0 bridgehead atoms. The van der Waals surface area contributed by atoms with Gasteiger partial charge in [0.05, 0.1) is 12.1 Å². The van der Waals surface area contributed by atoms with Crippen LogP contribution in [0.15, 0.2) is 57.8 Å². The number of benzene rings is 1. The van der Waals surface area contributed by atoms with E-state index in [-0.39, 0.29) is 12.5 Å². The lowest BCUT2D eigenvalue weighted by Crippen LogP contribution is -2.22. The Hall–Kier alpha value is -2.54. The molecular formula is C15H11BrN4O2. The van der Waals surface area contributed by atoms with Crippen LogP contribution in [0.1, 0.15) is 16.2 Å². The van der Waals surface area contributed by atoms with Crippen molar-refractivity contribution in [3.05, 3.63) is 64.7 Å². The molecule has 6 nitrogen and oxygen atoms in total. The fourth-order valence-electron chi connectivity index (χ4n) is 1.83. The van der Waals surface area contributed by atoms with E-state index in [2.05, 4.69) is 36.4 Å². The number of carbonyl (C=O) groups is 1. The molecule has 0 aliphatic heterocycles. The minimum atomic E-state index is -0.240. The third-order valence-electron chi connectivity index (χ3n) is 2.87. The van der Waals surface area contributed by atoms with E-state index in [4.69, 9.17) is 4.52 Å². The number of aromatic nitrogens is 3. The highest BCUT2D eigenvalue weighted by Gasteiger charge is 2.11. The minimum absolute atomic E-state index is 0.161. The number of halogens is 1. The van der Waals surface area contributed by atoms with Crippen LogP contribution in [0.2, 0.25) is 0 Å². The number of amides is 1. The summed E-state index contributed by atoms with van der Waals surface area (Å²) in [6.45, 7) is 0.161. The molecule has 0 saturated carbocycles. The Morgan fingerprint density at radius 3 is 2.95 bits per heavy atom. The molecule has 0 atom stereocenters. The van der Waals surface area contributed by atoms with Gasteiger partial charge in [-0.05, 0) is 24.3 Å². The minimum Gasteiger partial charge on any atom is -0.343 e. The van der Waals surface area contributed by atoms with Crippen LogP contribution in [0, 0.1) is 0 Å². The summed E-state index contributed by atoms with van der Waals surface area (Å²) in [7, 11) is 0. The van der Waals surface area contributed by atoms with Crippen molar-refractivity contribution in [1.82, 2.24) is 20.4 Å². The topological polar surface area (TPSA) is 80.9 Å². The summed E-state index contributed by atoms with van der Waals surface area (Å²) in [5, 5.41) is 6.61. The molecule has 1 N–H and O–H groups in total. The van der Waals surface area contributed by atoms with E-state index in [1.807, 2.05) is 24.3 Å². The molecule has 2 heterocycles. The maximum absolute atomic E-state index is 11.9. The van der Waals surface area contributed by atoms with Gasteiger partial charge in [0, 0.05) is 22.4 Å². The molecule has 0 spiro atoms. The summed E-state index contributed by atoms with van der Waals surface area (Å²) in [6.07, 6.45) is 3.11. The van der Waals surface area contributed by atoms with E-state index in [1.54, 1.807) is 18.3 Å². The SMILES string of the molecule is O=C(NCc1nc(-c2cccc(Br)c2)no1)c1cccnc1. The number of nitrogens with zero attached hydrogens (tertiary/aromatic N) is 3. The average molecular weight is 359 g/mol. The largest absolute Gasteiger partial charge is 0.343 e. The fraction of sp³-hybridized carbons (Fsp3) is 0.0667. The van der Waals surface area contributed by atoms with Crippen LogP contribution in [-0.4, -0.2) is 21.0 Å². The molecule has 1 aromatic carbocycles. The number of pyridine rings is 1. The van der Waals surface area contributed by atoms with Crippen LogP contribution in [0.5, 0.6) is 0 Å².